The van der Waals surface area contributed by atoms with E-state index < -0.39 is 76.4 Å². The molecule has 0 saturated heterocycles. The lowest BCUT2D eigenvalue weighted by Crippen LogP contribution is -2.63. The first-order chi connectivity index (χ1) is 25.7. The van der Waals surface area contributed by atoms with E-state index >= 15 is 0 Å². The van der Waals surface area contributed by atoms with E-state index in [4.69, 9.17) is 9.47 Å². The molecule has 0 unspecified atom stereocenters. The lowest BCUT2D eigenvalue weighted by molar-refractivity contribution is -0.146. The minimum Gasteiger partial charge on any atom is -0.469 e. The zero-order valence-corrected chi connectivity index (χ0v) is 36.3. The van der Waals surface area contributed by atoms with Crippen LogP contribution in [-0.4, -0.2) is 108 Å². The minimum atomic E-state index is -1.13. The van der Waals surface area contributed by atoms with Gasteiger partial charge in [0.25, 0.3) is 0 Å². The molecule has 0 saturated carbocycles. The molecule has 1 aromatic heterocycles. The van der Waals surface area contributed by atoms with E-state index in [9.17, 15) is 28.8 Å². The van der Waals surface area contributed by atoms with Crippen LogP contribution in [0.2, 0.25) is 0 Å². The summed E-state index contributed by atoms with van der Waals surface area (Å²) < 4.78 is 17.2. The van der Waals surface area contributed by atoms with Gasteiger partial charge in [-0.2, -0.15) is 0 Å². The van der Waals surface area contributed by atoms with Crippen LogP contribution in [0.5, 0.6) is 0 Å². The van der Waals surface area contributed by atoms with E-state index in [-0.39, 0.29) is 24.3 Å². The molecular weight excluding hydrogens is 718 g/mol. The van der Waals surface area contributed by atoms with Crippen LogP contribution in [0.15, 0.2) is 42.1 Å². The Morgan fingerprint density at radius 3 is 1.98 bits per heavy atom. The van der Waals surface area contributed by atoms with Gasteiger partial charge >= 0.3 is 18.0 Å². The number of benzene rings is 1. The van der Waals surface area contributed by atoms with Crippen LogP contribution in [-0.2, 0) is 50.6 Å². The number of aryl methyl sites for hydroxylation is 1. The number of methoxy groups -OCH3 is 2. The van der Waals surface area contributed by atoms with Crippen molar-refractivity contribution in [2.75, 3.05) is 28.3 Å². The average Bonchev–Trinajstić information content (AvgIpc) is 3.45. The molecule has 1 aromatic carbocycles. The molecular formula is C42H65N5O9. The number of likely N-dealkylation sites (N-methyl/N-ethyl adjacent to an activating group) is 2. The summed E-state index contributed by atoms with van der Waals surface area (Å²) in [5.41, 5.74) is -0.605. The number of carbonyl (C=O) groups excluding carboxylic acids is 6. The maximum atomic E-state index is 14.8. The van der Waals surface area contributed by atoms with Crippen LogP contribution < -0.4 is 10.6 Å². The van der Waals surface area contributed by atoms with Crippen molar-refractivity contribution in [3.05, 3.63) is 47.7 Å². The van der Waals surface area contributed by atoms with Gasteiger partial charge < -0.3 is 34.3 Å². The van der Waals surface area contributed by atoms with E-state index in [1.165, 1.54) is 31.1 Å². The summed E-state index contributed by atoms with van der Waals surface area (Å²) in [6, 6.07) is 3.91. The SMILES string of the molecule is COC(=O)CC[C@H](NC(=O)/C(C)=C/[C@H](C(C)C)N(C)C(=O)[C@@H](NC(=O)[C@@H](N(C)C(=O)OC(C)(C)C)C(C)(C)c1cn(C)c2ccccc12)C(C)(C)C)C(=O)OC. The third-order valence-corrected chi connectivity index (χ3v) is 9.90. The van der Waals surface area contributed by atoms with Crippen molar-refractivity contribution in [3.63, 3.8) is 0 Å². The molecule has 14 nitrogen and oxygen atoms in total. The molecule has 2 aromatic rings. The third kappa shape index (κ3) is 11.8. The van der Waals surface area contributed by atoms with Crippen molar-refractivity contribution in [1.82, 2.24) is 25.0 Å². The number of amides is 4. The second-order valence-electron chi connectivity index (χ2n) is 17.4. The van der Waals surface area contributed by atoms with E-state index in [0.29, 0.717) is 0 Å². The quantitative estimate of drug-likeness (QED) is 0.139. The Hall–Kier alpha value is -4.88. The highest BCUT2D eigenvalue weighted by atomic mass is 16.6. The van der Waals surface area contributed by atoms with Gasteiger partial charge in [-0.25, -0.2) is 9.59 Å². The molecule has 0 bridgehead atoms. The zero-order valence-electron chi connectivity index (χ0n) is 36.3. The van der Waals surface area contributed by atoms with Crippen molar-refractivity contribution < 1.29 is 43.0 Å². The lowest BCUT2D eigenvalue weighted by atomic mass is 9.76. The van der Waals surface area contributed by atoms with E-state index in [0.717, 1.165) is 16.5 Å². The van der Waals surface area contributed by atoms with Gasteiger partial charge in [-0.1, -0.05) is 72.7 Å². The summed E-state index contributed by atoms with van der Waals surface area (Å²) in [6.45, 7) is 19.9. The van der Waals surface area contributed by atoms with Gasteiger partial charge in [0, 0.05) is 55.7 Å². The molecule has 2 N–H and O–H groups in total. The number of rotatable bonds is 15. The number of para-hydroxylation sites is 1. The first-order valence-electron chi connectivity index (χ1n) is 18.9. The fourth-order valence-corrected chi connectivity index (χ4v) is 6.76. The Labute approximate surface area is 332 Å². The van der Waals surface area contributed by atoms with Gasteiger partial charge in [-0.15, -0.1) is 0 Å². The Balaban J connectivity index is 2.56. The predicted molar refractivity (Wildman–Crippen MR) is 215 cm³/mol. The summed E-state index contributed by atoms with van der Waals surface area (Å²) in [5, 5.41) is 6.58. The second kappa shape index (κ2) is 18.8. The molecule has 4 amide bonds. The molecule has 0 aliphatic rings. The Kier molecular flexibility index (Phi) is 15.9. The normalized spacial score (nSPS) is 14.6. The lowest BCUT2D eigenvalue weighted by Gasteiger charge is -2.42. The number of aromatic nitrogens is 1. The first kappa shape index (κ1) is 47.3. The molecule has 56 heavy (non-hydrogen) atoms. The van der Waals surface area contributed by atoms with Gasteiger partial charge in [0.1, 0.15) is 23.7 Å². The number of esters is 2. The fraction of sp³-hybridized carbons (Fsp3) is 0.619. The summed E-state index contributed by atoms with van der Waals surface area (Å²) >= 11 is 0. The standard InChI is InChI=1S/C42H65N5O9/c1-25(2)31(23-26(3)35(49)43-29(38(52)55-16)21-22-32(48)54-15)46(13)37(51)33(40(4,5)6)44-36(50)34(47(14)39(53)56-41(7,8)9)42(10,11)28-24-45(12)30-20-18-17-19-27(28)30/h17-20,23-25,29,31,33-34H,21-22H2,1-16H3,(H,43,49)(H,44,50)/b26-23+/t29-,31+,33+,34+/m0/s1. The highest BCUT2D eigenvalue weighted by molar-refractivity contribution is 5.97. The summed E-state index contributed by atoms with van der Waals surface area (Å²) in [5.74, 6) is -2.99. The summed E-state index contributed by atoms with van der Waals surface area (Å²) in [6.07, 6.45) is 2.76. The highest BCUT2D eigenvalue weighted by Gasteiger charge is 2.47. The van der Waals surface area contributed by atoms with Crippen molar-refractivity contribution in [1.29, 1.82) is 0 Å². The van der Waals surface area contributed by atoms with Gasteiger partial charge in [0.05, 0.1) is 20.3 Å². The maximum absolute atomic E-state index is 14.8. The third-order valence-electron chi connectivity index (χ3n) is 9.90. The van der Waals surface area contributed by atoms with Crippen LogP contribution in [0.25, 0.3) is 10.9 Å². The van der Waals surface area contributed by atoms with Gasteiger partial charge in [-0.3, -0.25) is 24.1 Å². The van der Waals surface area contributed by atoms with Crippen molar-refractivity contribution >= 4 is 46.7 Å². The number of hydrogen-bond acceptors (Lipinski definition) is 9. The summed E-state index contributed by atoms with van der Waals surface area (Å²) in [4.78, 5) is 83.3. The largest absolute Gasteiger partial charge is 0.469 e. The van der Waals surface area contributed by atoms with Crippen LogP contribution >= 0.6 is 0 Å². The van der Waals surface area contributed by atoms with Gasteiger partial charge in [0.15, 0.2) is 0 Å². The monoisotopic (exact) mass is 783 g/mol. The molecule has 312 valence electrons. The number of nitrogens with one attached hydrogen (secondary N) is 2. The zero-order chi connectivity index (χ0) is 43.1. The molecule has 0 aliphatic carbocycles. The smallest absolute Gasteiger partial charge is 0.410 e. The number of carbonyl (C=O) groups is 6. The molecule has 0 aliphatic heterocycles. The molecule has 1 heterocycles. The topological polar surface area (TPSA) is 166 Å². The number of fused-ring (bicyclic) bond motifs is 1. The van der Waals surface area contributed by atoms with Crippen molar-refractivity contribution in [3.8, 4) is 0 Å². The molecule has 0 fully saturated rings. The molecule has 14 heteroatoms. The first-order valence-corrected chi connectivity index (χ1v) is 18.9. The van der Waals surface area contributed by atoms with Crippen LogP contribution in [0.1, 0.15) is 94.6 Å². The molecule has 2 rings (SSSR count). The Morgan fingerprint density at radius 2 is 1.46 bits per heavy atom. The molecule has 0 spiro atoms. The number of ether oxygens (including phenoxy) is 3. The fourth-order valence-electron chi connectivity index (χ4n) is 6.76. The highest BCUT2D eigenvalue weighted by Crippen LogP contribution is 2.37. The van der Waals surface area contributed by atoms with Gasteiger partial charge in [-0.05, 0) is 57.1 Å². The van der Waals surface area contributed by atoms with Crippen LogP contribution in [0.4, 0.5) is 4.79 Å². The molecule has 4 atom stereocenters. The summed E-state index contributed by atoms with van der Waals surface area (Å²) in [7, 11) is 7.47. The van der Waals surface area contributed by atoms with Crippen molar-refractivity contribution in [2.45, 2.75) is 124 Å². The minimum absolute atomic E-state index is 0.0290. The van der Waals surface area contributed by atoms with Crippen LogP contribution in [0, 0.1) is 11.3 Å². The Bertz CT molecular complexity index is 1780. The van der Waals surface area contributed by atoms with E-state index in [2.05, 4.69) is 15.4 Å². The second-order valence-corrected chi connectivity index (χ2v) is 17.4. The van der Waals surface area contributed by atoms with Crippen molar-refractivity contribution in [2.24, 2.45) is 18.4 Å². The average molecular weight is 784 g/mol. The van der Waals surface area contributed by atoms with E-state index in [1.54, 1.807) is 40.8 Å². The number of nitrogens with zero attached hydrogens (tertiary/aromatic N) is 3. The number of hydrogen-bond donors (Lipinski definition) is 2. The molecule has 0 radical (unpaired) electrons. The predicted octanol–water partition coefficient (Wildman–Crippen LogP) is 5.26. The van der Waals surface area contributed by atoms with Crippen LogP contribution in [0.3, 0.4) is 0 Å². The maximum Gasteiger partial charge on any atom is 0.410 e. The van der Waals surface area contributed by atoms with E-state index in [1.807, 2.05) is 90.5 Å². The van der Waals surface area contributed by atoms with Gasteiger partial charge in [0.2, 0.25) is 17.7 Å². The Morgan fingerprint density at radius 1 is 0.875 bits per heavy atom.